The molecule has 0 spiro atoms. The van der Waals surface area contributed by atoms with Crippen molar-refractivity contribution in [2.75, 3.05) is 31.3 Å². The number of nitrogen functional groups attached to an aromatic ring is 2. The van der Waals surface area contributed by atoms with E-state index in [1.165, 1.54) is 23.9 Å². The van der Waals surface area contributed by atoms with E-state index in [4.69, 9.17) is 44.5 Å². The van der Waals surface area contributed by atoms with Crippen molar-refractivity contribution < 1.29 is 96.0 Å². The number of rotatable bonds is 14. The summed E-state index contributed by atoms with van der Waals surface area (Å²) < 4.78 is 72.2. The molecule has 366 valence electrons. The van der Waals surface area contributed by atoms with Crippen molar-refractivity contribution in [1.29, 1.82) is 0 Å². The van der Waals surface area contributed by atoms with E-state index in [0.717, 1.165) is 21.5 Å². The Bertz CT molecular complexity index is 2790. The zero-order valence-electron chi connectivity index (χ0n) is 33.2. The summed E-state index contributed by atoms with van der Waals surface area (Å²) >= 11 is 0. The molecule has 0 amide bonds. The monoisotopic (exact) mass is 1010 g/mol. The number of H-pyrrole nitrogens is 2. The molecular weight excluding hydrogens is 965 g/mol. The van der Waals surface area contributed by atoms with Gasteiger partial charge in [-0.15, -0.1) is 0 Å². The second-order valence-corrected chi connectivity index (χ2v) is 18.2. The number of hydrogen-bond acceptors (Lipinski definition) is 24. The Balaban J connectivity index is 0.000000253. The fraction of sp³-hybridized carbons (Fsp3) is 0.552. The van der Waals surface area contributed by atoms with Crippen LogP contribution in [0.2, 0.25) is 0 Å². The van der Waals surface area contributed by atoms with Crippen molar-refractivity contribution >= 4 is 46.4 Å². The minimum absolute atomic E-state index is 0.0176. The number of nitrogens with one attached hydrogen (secondary N) is 2. The lowest BCUT2D eigenvalue weighted by Gasteiger charge is -2.22. The molecule has 16 N–H and O–H groups in total. The highest BCUT2D eigenvalue weighted by molar-refractivity contribution is 7.47. The molecule has 34 nitrogen and oxygen atoms in total. The number of phosphoric acid groups is 3. The fourth-order valence-electron chi connectivity index (χ4n) is 6.63. The molecule has 7 heterocycles. The molecule has 0 aliphatic carbocycles. The molecule has 66 heavy (non-hydrogen) atoms. The molecule has 3 aliphatic heterocycles. The number of aryl methyl sites for hydroxylation is 1. The molecular formula is C29H41N10O24P3. The third-order valence-corrected chi connectivity index (χ3v) is 11.7. The van der Waals surface area contributed by atoms with Crippen LogP contribution in [0.5, 0.6) is 0 Å². The second kappa shape index (κ2) is 19.6. The van der Waals surface area contributed by atoms with Gasteiger partial charge in [-0.1, -0.05) is 0 Å². The normalized spacial score (nSPS) is 30.0. The van der Waals surface area contributed by atoms with Crippen molar-refractivity contribution in [2.45, 2.75) is 80.5 Å². The highest BCUT2D eigenvalue weighted by Crippen LogP contribution is 2.48. The van der Waals surface area contributed by atoms with Gasteiger partial charge in [-0.2, -0.15) is 9.97 Å². The molecule has 37 heteroatoms. The van der Waals surface area contributed by atoms with E-state index in [0.29, 0.717) is 0 Å². The molecule has 4 aromatic heterocycles. The second-order valence-electron chi connectivity index (χ2n) is 14.4. The van der Waals surface area contributed by atoms with E-state index in [9.17, 15) is 73.1 Å². The number of fused-ring (bicyclic) bond motifs is 1. The summed E-state index contributed by atoms with van der Waals surface area (Å²) in [5, 5.41) is 51.3. The van der Waals surface area contributed by atoms with E-state index in [1.807, 2.05) is 4.98 Å². The molecule has 0 aromatic carbocycles. The average molecular weight is 1010 g/mol. The highest BCUT2D eigenvalue weighted by atomic mass is 31.2. The van der Waals surface area contributed by atoms with Crippen molar-refractivity contribution in [1.82, 2.24) is 38.6 Å². The molecule has 4 aromatic rings. The Hall–Kier alpha value is -4.48. The quantitative estimate of drug-likeness (QED) is 0.0522. The summed E-state index contributed by atoms with van der Waals surface area (Å²) in [5.74, 6) is -0.286. The maximum Gasteiger partial charge on any atom is 0.472 e. The Labute approximate surface area is 364 Å². The molecule has 3 saturated heterocycles. The minimum Gasteiger partial charge on any atom is -0.387 e. The maximum absolute atomic E-state index is 12.5. The SMILES string of the molecule is Cc1cn([C@@H]2O[C@H](COP(=O)(O)OC[C@H]3O[C@@H](n4ccc(N)nc4=O)[C@H](O)[C@@H]3O)[C@@H](OP(=O)(O)O)[C@H]2O)c(=O)[nH]c1=O.Nc1nc2c(ncn2[C@@H]2O[C@H](COP(=O)(O)O)[C@@H](O)[C@H]2O)c(=O)[nH]1. The third-order valence-electron chi connectivity index (χ3n) is 9.72. The van der Waals surface area contributed by atoms with Crippen LogP contribution < -0.4 is 34.0 Å². The minimum atomic E-state index is -5.29. The number of aromatic nitrogens is 8. The maximum atomic E-state index is 12.5. The van der Waals surface area contributed by atoms with Gasteiger partial charge in [-0.05, 0) is 13.0 Å². The first-order valence-electron chi connectivity index (χ1n) is 18.5. The average Bonchev–Trinajstić information content (AvgIpc) is 3.93. The number of nitrogens with two attached hydrogens (primary N) is 2. The van der Waals surface area contributed by atoms with Gasteiger partial charge in [0.05, 0.1) is 26.1 Å². The first-order chi connectivity index (χ1) is 30.6. The molecule has 13 atom stereocenters. The lowest BCUT2D eigenvalue weighted by Crippen LogP contribution is -2.39. The molecule has 0 radical (unpaired) electrons. The van der Waals surface area contributed by atoms with Crippen LogP contribution in [0.1, 0.15) is 24.2 Å². The van der Waals surface area contributed by atoms with Crippen molar-refractivity contribution in [3.63, 3.8) is 0 Å². The number of ether oxygens (including phenoxy) is 3. The van der Waals surface area contributed by atoms with Crippen LogP contribution in [0.15, 0.2) is 44.0 Å². The molecule has 1 unspecified atom stereocenters. The summed E-state index contributed by atoms with van der Waals surface area (Å²) in [4.78, 5) is 109. The van der Waals surface area contributed by atoms with E-state index in [2.05, 4.69) is 29.0 Å². The van der Waals surface area contributed by atoms with Crippen LogP contribution in [0.3, 0.4) is 0 Å². The smallest absolute Gasteiger partial charge is 0.387 e. The van der Waals surface area contributed by atoms with Gasteiger partial charge in [0.15, 0.2) is 29.8 Å². The number of aromatic amines is 2. The Morgan fingerprint density at radius 2 is 1.24 bits per heavy atom. The van der Waals surface area contributed by atoms with Crippen LogP contribution >= 0.6 is 23.5 Å². The van der Waals surface area contributed by atoms with Crippen LogP contribution in [0.4, 0.5) is 11.8 Å². The lowest BCUT2D eigenvalue weighted by atomic mass is 10.1. The summed E-state index contributed by atoms with van der Waals surface area (Å²) in [6, 6.07) is 1.23. The summed E-state index contributed by atoms with van der Waals surface area (Å²) in [5.41, 5.74) is 7.59. The zero-order valence-corrected chi connectivity index (χ0v) is 35.9. The van der Waals surface area contributed by atoms with Crippen molar-refractivity contribution in [3.8, 4) is 0 Å². The Morgan fingerprint density at radius 3 is 1.82 bits per heavy atom. The van der Waals surface area contributed by atoms with Crippen molar-refractivity contribution in [3.05, 3.63) is 72.0 Å². The number of aliphatic hydroxyl groups is 5. The van der Waals surface area contributed by atoms with E-state index in [-0.39, 0.29) is 28.5 Å². The number of nitrogens with zero attached hydrogens (tertiary/aromatic N) is 6. The molecule has 7 rings (SSSR count). The van der Waals surface area contributed by atoms with Gasteiger partial charge in [0.25, 0.3) is 11.1 Å². The predicted molar refractivity (Wildman–Crippen MR) is 210 cm³/mol. The van der Waals surface area contributed by atoms with Crippen molar-refractivity contribution in [2.24, 2.45) is 0 Å². The van der Waals surface area contributed by atoms with Crippen LogP contribution in [0, 0.1) is 6.92 Å². The molecule has 0 bridgehead atoms. The van der Waals surface area contributed by atoms with Gasteiger partial charge in [0, 0.05) is 18.0 Å². The van der Waals surface area contributed by atoms with E-state index in [1.54, 1.807) is 0 Å². The number of anilines is 2. The van der Waals surface area contributed by atoms with E-state index >= 15 is 0 Å². The third kappa shape index (κ3) is 11.6. The fourth-order valence-corrected chi connectivity index (χ4v) is 8.30. The first-order valence-corrected chi connectivity index (χ1v) is 23.0. The highest BCUT2D eigenvalue weighted by Gasteiger charge is 2.50. The number of imidazole rings is 1. The van der Waals surface area contributed by atoms with Gasteiger partial charge in [0.2, 0.25) is 5.95 Å². The summed E-state index contributed by atoms with van der Waals surface area (Å²) in [6.45, 7) is -1.17. The topological polar surface area (TPSA) is 523 Å². The van der Waals surface area contributed by atoms with Gasteiger partial charge in [-0.25, -0.2) is 28.3 Å². The molecule has 0 saturated carbocycles. The largest absolute Gasteiger partial charge is 0.472 e. The van der Waals surface area contributed by atoms with Gasteiger partial charge >= 0.3 is 34.8 Å². The van der Waals surface area contributed by atoms with Gasteiger partial charge < -0.3 is 75.7 Å². The van der Waals surface area contributed by atoms with Crippen LogP contribution in [0.25, 0.3) is 11.2 Å². The van der Waals surface area contributed by atoms with Gasteiger partial charge in [0.1, 0.15) is 60.8 Å². The standard InChI is InChI=1S/C19H27N5O16P2.C10H14N5O8P/c1-7-4-24(19(30)22-15(7)28)17-13(27)14(40-41(31,32)33)9(39-17)6-37-42(34,35)36-5-8-11(25)12(26)16(38-8)23-3-2-10(20)21-18(23)29;11-10-13-7-4(8(18)14-10)12-2-15(7)9-6(17)5(16)3(23-9)1-22-24(19,20)21/h2-4,8-9,11-14,16-17,25-27H,5-6H2,1H3,(H,34,35)(H2,20,21,29)(H,22,28,30)(H2,31,32,33);2-3,5-6,9,16-17H,1H2,(H2,19,20,21)(H3,11,13,14,18)/t8-,9-,11-,12-,13-,14-,16-,17-;3-,5-,6-,9-/m11/s1. The number of aliphatic hydroxyl groups excluding tert-OH is 5. The van der Waals surface area contributed by atoms with Crippen LogP contribution in [-0.2, 0) is 46.0 Å². The lowest BCUT2D eigenvalue weighted by molar-refractivity contribution is -0.0639. The molecule has 3 aliphatic rings. The van der Waals surface area contributed by atoms with Gasteiger partial charge in [-0.3, -0.25) is 51.4 Å². The Kier molecular flexibility index (Phi) is 15.1. The number of hydrogen-bond donors (Lipinski definition) is 14. The Morgan fingerprint density at radius 1 is 0.697 bits per heavy atom. The first kappa shape index (κ1) is 50.9. The molecule has 3 fully saturated rings. The zero-order chi connectivity index (χ0) is 48.8. The van der Waals surface area contributed by atoms with Crippen LogP contribution in [-0.4, -0.2) is 163 Å². The van der Waals surface area contributed by atoms with E-state index < -0.39 is 139 Å². The summed E-state index contributed by atoms with van der Waals surface area (Å²) in [7, 11) is -15.1. The summed E-state index contributed by atoms with van der Waals surface area (Å²) in [6.07, 6.45) is -15.5. The number of phosphoric ester groups is 3. The predicted octanol–water partition coefficient (Wildman–Crippen LogP) is -6.40.